The lowest BCUT2D eigenvalue weighted by atomic mass is 10.0. The van der Waals surface area contributed by atoms with Crippen LogP contribution in [-0.4, -0.2) is 77.2 Å². The highest BCUT2D eigenvalue weighted by atomic mass is 16.5. The molecule has 1 atom stereocenters. The molecule has 3 rings (SSSR count). The summed E-state index contributed by atoms with van der Waals surface area (Å²) in [5.41, 5.74) is 1.05. The van der Waals surface area contributed by atoms with Crippen LogP contribution < -0.4 is 0 Å². The SMILES string of the molecule is CC(C)N1CCO[C@]2(COCCN(Cc3cnn(C)c3)C2)C1. The Hall–Kier alpha value is -0.950. The molecule has 2 fully saturated rings. The second-order valence-corrected chi connectivity index (χ2v) is 6.88. The first-order valence-corrected chi connectivity index (χ1v) is 8.22. The summed E-state index contributed by atoms with van der Waals surface area (Å²) in [5.74, 6) is 0. The zero-order valence-electron chi connectivity index (χ0n) is 14.0. The van der Waals surface area contributed by atoms with Gasteiger partial charge in [-0.1, -0.05) is 0 Å². The van der Waals surface area contributed by atoms with Gasteiger partial charge in [0.15, 0.2) is 0 Å². The molecule has 0 radical (unpaired) electrons. The molecule has 0 unspecified atom stereocenters. The van der Waals surface area contributed by atoms with Gasteiger partial charge in [0.2, 0.25) is 0 Å². The van der Waals surface area contributed by atoms with E-state index in [0.29, 0.717) is 12.6 Å². The van der Waals surface area contributed by atoms with Crippen LogP contribution >= 0.6 is 0 Å². The van der Waals surface area contributed by atoms with Crippen molar-refractivity contribution in [2.75, 3.05) is 46.0 Å². The number of rotatable bonds is 3. The number of hydrogen-bond donors (Lipinski definition) is 0. The van der Waals surface area contributed by atoms with Gasteiger partial charge in [0.25, 0.3) is 0 Å². The molecule has 1 aromatic rings. The van der Waals surface area contributed by atoms with Gasteiger partial charge in [-0.05, 0) is 13.8 Å². The van der Waals surface area contributed by atoms with Crippen LogP contribution in [0.4, 0.5) is 0 Å². The Morgan fingerprint density at radius 2 is 2.14 bits per heavy atom. The molecular formula is C16H28N4O2. The van der Waals surface area contributed by atoms with E-state index >= 15 is 0 Å². The predicted molar refractivity (Wildman–Crippen MR) is 84.7 cm³/mol. The van der Waals surface area contributed by atoms with Gasteiger partial charge in [0, 0.05) is 57.6 Å². The maximum Gasteiger partial charge on any atom is 0.117 e. The third kappa shape index (κ3) is 3.68. The third-order valence-electron chi connectivity index (χ3n) is 4.60. The Labute approximate surface area is 133 Å². The minimum absolute atomic E-state index is 0.193. The Morgan fingerprint density at radius 1 is 1.27 bits per heavy atom. The van der Waals surface area contributed by atoms with Gasteiger partial charge < -0.3 is 9.47 Å². The summed E-state index contributed by atoms with van der Waals surface area (Å²) in [7, 11) is 1.96. The summed E-state index contributed by atoms with van der Waals surface area (Å²) in [6, 6.07) is 0.552. The maximum absolute atomic E-state index is 6.21. The summed E-state index contributed by atoms with van der Waals surface area (Å²) in [5, 5.41) is 4.26. The molecular weight excluding hydrogens is 280 g/mol. The highest BCUT2D eigenvalue weighted by Crippen LogP contribution is 2.24. The average molecular weight is 308 g/mol. The number of nitrogens with zero attached hydrogens (tertiary/aromatic N) is 4. The summed E-state index contributed by atoms with van der Waals surface area (Å²) in [4.78, 5) is 4.94. The van der Waals surface area contributed by atoms with E-state index in [-0.39, 0.29) is 5.60 Å². The van der Waals surface area contributed by atoms with E-state index in [2.05, 4.69) is 34.9 Å². The molecule has 6 nitrogen and oxygen atoms in total. The third-order valence-corrected chi connectivity index (χ3v) is 4.60. The van der Waals surface area contributed by atoms with Gasteiger partial charge in [-0.25, -0.2) is 0 Å². The Kier molecular flexibility index (Phi) is 4.82. The first-order chi connectivity index (χ1) is 10.6. The smallest absolute Gasteiger partial charge is 0.117 e. The van der Waals surface area contributed by atoms with Crippen molar-refractivity contribution in [3.63, 3.8) is 0 Å². The molecule has 6 heteroatoms. The molecule has 0 bridgehead atoms. The Balaban J connectivity index is 1.69. The minimum Gasteiger partial charge on any atom is -0.377 e. The van der Waals surface area contributed by atoms with Crippen molar-refractivity contribution in [1.29, 1.82) is 0 Å². The molecule has 3 heterocycles. The molecule has 0 saturated carbocycles. The summed E-state index contributed by atoms with van der Waals surface area (Å²) >= 11 is 0. The highest BCUT2D eigenvalue weighted by Gasteiger charge is 2.40. The zero-order valence-corrected chi connectivity index (χ0v) is 14.0. The van der Waals surface area contributed by atoms with Crippen LogP contribution in [0.15, 0.2) is 12.4 Å². The van der Waals surface area contributed by atoms with Crippen molar-refractivity contribution >= 4 is 0 Å². The largest absolute Gasteiger partial charge is 0.377 e. The van der Waals surface area contributed by atoms with E-state index in [9.17, 15) is 0 Å². The van der Waals surface area contributed by atoms with Crippen molar-refractivity contribution in [3.8, 4) is 0 Å². The molecule has 0 N–H and O–H groups in total. The van der Waals surface area contributed by atoms with E-state index in [1.165, 1.54) is 5.56 Å². The van der Waals surface area contributed by atoms with Crippen LogP contribution in [0, 0.1) is 0 Å². The van der Waals surface area contributed by atoms with Gasteiger partial charge >= 0.3 is 0 Å². The van der Waals surface area contributed by atoms with E-state index in [1.54, 1.807) is 0 Å². The number of aromatic nitrogens is 2. The molecule has 124 valence electrons. The quantitative estimate of drug-likeness (QED) is 0.824. The monoisotopic (exact) mass is 308 g/mol. The number of hydrogen-bond acceptors (Lipinski definition) is 5. The van der Waals surface area contributed by atoms with Crippen molar-refractivity contribution in [1.82, 2.24) is 19.6 Å². The van der Waals surface area contributed by atoms with Crippen molar-refractivity contribution < 1.29 is 9.47 Å². The molecule has 1 spiro atoms. The number of ether oxygens (including phenoxy) is 2. The van der Waals surface area contributed by atoms with E-state index < -0.39 is 0 Å². The summed E-state index contributed by atoms with van der Waals surface area (Å²) in [6.45, 7) is 11.5. The molecule has 22 heavy (non-hydrogen) atoms. The van der Waals surface area contributed by atoms with Gasteiger partial charge in [-0.2, -0.15) is 5.10 Å². The van der Waals surface area contributed by atoms with Gasteiger partial charge in [0.05, 0.1) is 26.0 Å². The zero-order chi connectivity index (χ0) is 15.6. The molecule has 2 aliphatic heterocycles. The van der Waals surface area contributed by atoms with Crippen molar-refractivity contribution in [3.05, 3.63) is 18.0 Å². The van der Waals surface area contributed by atoms with Gasteiger partial charge in [-0.3, -0.25) is 14.5 Å². The second kappa shape index (κ2) is 6.66. The molecule has 0 aromatic carbocycles. The topological polar surface area (TPSA) is 42.8 Å². The van der Waals surface area contributed by atoms with Crippen molar-refractivity contribution in [2.45, 2.75) is 32.0 Å². The van der Waals surface area contributed by atoms with Crippen LogP contribution in [0.25, 0.3) is 0 Å². The van der Waals surface area contributed by atoms with Crippen LogP contribution in [0.2, 0.25) is 0 Å². The maximum atomic E-state index is 6.21. The fraction of sp³-hybridized carbons (Fsp3) is 0.812. The van der Waals surface area contributed by atoms with Crippen LogP contribution in [0.5, 0.6) is 0 Å². The average Bonchev–Trinajstić information content (AvgIpc) is 2.79. The van der Waals surface area contributed by atoms with E-state index in [0.717, 1.165) is 45.9 Å². The fourth-order valence-corrected chi connectivity index (χ4v) is 3.43. The highest BCUT2D eigenvalue weighted by molar-refractivity contribution is 5.04. The lowest BCUT2D eigenvalue weighted by Gasteiger charge is -2.44. The minimum atomic E-state index is -0.193. The number of aryl methyl sites for hydroxylation is 1. The standard InChI is InChI=1S/C16H28N4O2/c1-14(2)20-5-7-22-16(12-20)11-19(4-6-21-13-16)10-15-8-17-18(3)9-15/h8-9,14H,4-7,10-13H2,1-3H3/t16-/m0/s1. The fourth-order valence-electron chi connectivity index (χ4n) is 3.43. The van der Waals surface area contributed by atoms with Crippen LogP contribution in [0.1, 0.15) is 19.4 Å². The lowest BCUT2D eigenvalue weighted by molar-refractivity contribution is -0.146. The second-order valence-electron chi connectivity index (χ2n) is 6.88. The molecule has 0 amide bonds. The predicted octanol–water partition coefficient (Wildman–Crippen LogP) is 0.732. The molecule has 1 aromatic heterocycles. The Morgan fingerprint density at radius 3 is 2.86 bits per heavy atom. The lowest BCUT2D eigenvalue weighted by Crippen LogP contribution is -2.59. The van der Waals surface area contributed by atoms with Gasteiger partial charge in [0.1, 0.15) is 5.60 Å². The van der Waals surface area contributed by atoms with Crippen LogP contribution in [-0.2, 0) is 23.1 Å². The first-order valence-electron chi connectivity index (χ1n) is 8.22. The molecule has 2 saturated heterocycles. The molecule has 0 aliphatic carbocycles. The number of morpholine rings is 1. The van der Waals surface area contributed by atoms with Crippen molar-refractivity contribution in [2.24, 2.45) is 7.05 Å². The molecule has 2 aliphatic rings. The summed E-state index contributed by atoms with van der Waals surface area (Å²) in [6.07, 6.45) is 4.03. The van der Waals surface area contributed by atoms with Crippen LogP contribution in [0.3, 0.4) is 0 Å². The first kappa shape index (κ1) is 15.9. The van der Waals surface area contributed by atoms with Gasteiger partial charge in [-0.15, -0.1) is 0 Å². The Bertz CT molecular complexity index is 490. The normalized spacial score (nSPS) is 28.4. The van der Waals surface area contributed by atoms with E-state index in [4.69, 9.17) is 9.47 Å². The summed E-state index contributed by atoms with van der Waals surface area (Å²) < 4.78 is 13.9. The van der Waals surface area contributed by atoms with E-state index in [1.807, 2.05) is 17.9 Å².